The molecule has 1 aliphatic rings. The first-order valence-electron chi connectivity index (χ1n) is 7.60. The zero-order valence-electron chi connectivity index (χ0n) is 12.8. The number of aromatic nitrogens is 1. The highest BCUT2D eigenvalue weighted by atomic mass is 32.1. The molecule has 1 aliphatic carbocycles. The van der Waals surface area contributed by atoms with E-state index in [1.165, 1.54) is 10.6 Å². The number of hydrogen-bond acceptors (Lipinski definition) is 4. The second-order valence-electron chi connectivity index (χ2n) is 5.84. The Bertz CT molecular complexity index is 649. The molecule has 0 fully saturated rings. The summed E-state index contributed by atoms with van der Waals surface area (Å²) in [7, 11) is 0. The molecule has 1 unspecified atom stereocenters. The van der Waals surface area contributed by atoms with Crippen molar-refractivity contribution >= 4 is 22.9 Å². The lowest BCUT2D eigenvalue weighted by Gasteiger charge is -2.20. The maximum absolute atomic E-state index is 12.4. The average Bonchev–Trinajstić information content (AvgIpc) is 2.96. The van der Waals surface area contributed by atoms with Crippen LogP contribution in [-0.2, 0) is 17.6 Å². The van der Waals surface area contributed by atoms with Crippen LogP contribution in [0.1, 0.15) is 30.8 Å². The summed E-state index contributed by atoms with van der Waals surface area (Å²) in [5.41, 5.74) is 3.86. The van der Waals surface area contributed by atoms with E-state index in [9.17, 15) is 4.79 Å². The van der Waals surface area contributed by atoms with Gasteiger partial charge in [-0.1, -0.05) is 0 Å². The summed E-state index contributed by atoms with van der Waals surface area (Å²) in [5.74, 6) is 0.955. The van der Waals surface area contributed by atoms with Crippen LogP contribution in [0, 0.1) is 5.92 Å². The molecule has 1 amide bonds. The fourth-order valence-corrected chi connectivity index (χ4v) is 3.55. The largest absolute Gasteiger partial charge is 0.491 e. The van der Waals surface area contributed by atoms with Gasteiger partial charge in [0.05, 0.1) is 17.3 Å². The van der Waals surface area contributed by atoms with E-state index in [-0.39, 0.29) is 17.9 Å². The summed E-state index contributed by atoms with van der Waals surface area (Å²) >= 11 is 1.65. The number of ether oxygens (including phenoxy) is 1. The van der Waals surface area contributed by atoms with Gasteiger partial charge < -0.3 is 10.1 Å². The molecule has 1 atom stereocenters. The van der Waals surface area contributed by atoms with E-state index in [0.717, 1.165) is 30.7 Å². The number of fused-ring (bicyclic) bond motifs is 1. The molecule has 5 heteroatoms. The molecule has 3 rings (SSSR count). The monoisotopic (exact) mass is 316 g/mol. The Hall–Kier alpha value is -1.88. The summed E-state index contributed by atoms with van der Waals surface area (Å²) in [6.45, 7) is 3.99. The number of carbonyl (C=O) groups excluding carboxylic acids is 1. The number of benzene rings is 1. The number of nitrogens with zero attached hydrogens (tertiary/aromatic N) is 1. The Labute approximate surface area is 134 Å². The topological polar surface area (TPSA) is 51.2 Å². The van der Waals surface area contributed by atoms with E-state index in [4.69, 9.17) is 4.74 Å². The molecule has 0 saturated carbocycles. The van der Waals surface area contributed by atoms with Crippen molar-refractivity contribution in [2.75, 3.05) is 5.32 Å². The number of aryl methyl sites for hydroxylation is 1. The van der Waals surface area contributed by atoms with Gasteiger partial charge in [0.25, 0.3) is 0 Å². The predicted molar refractivity (Wildman–Crippen MR) is 88.5 cm³/mol. The van der Waals surface area contributed by atoms with Crippen LogP contribution in [0.4, 0.5) is 5.69 Å². The third kappa shape index (κ3) is 3.47. The second kappa shape index (κ2) is 6.48. The number of rotatable bonds is 4. The number of thiazole rings is 1. The summed E-state index contributed by atoms with van der Waals surface area (Å²) in [6.07, 6.45) is 2.73. The van der Waals surface area contributed by atoms with Gasteiger partial charge in [0.15, 0.2) is 0 Å². The maximum Gasteiger partial charge on any atom is 0.227 e. The van der Waals surface area contributed by atoms with Gasteiger partial charge in [0, 0.05) is 16.5 Å². The van der Waals surface area contributed by atoms with Gasteiger partial charge in [-0.3, -0.25) is 4.79 Å². The molecule has 1 aromatic heterocycles. The molecule has 22 heavy (non-hydrogen) atoms. The molecule has 4 nitrogen and oxygen atoms in total. The van der Waals surface area contributed by atoms with Gasteiger partial charge in [0.1, 0.15) is 5.75 Å². The van der Waals surface area contributed by atoms with E-state index in [1.54, 1.807) is 11.3 Å². The molecule has 0 aliphatic heterocycles. The van der Waals surface area contributed by atoms with Gasteiger partial charge >= 0.3 is 0 Å². The van der Waals surface area contributed by atoms with Crippen LogP contribution >= 0.6 is 11.3 Å². The van der Waals surface area contributed by atoms with Gasteiger partial charge in [-0.25, -0.2) is 4.98 Å². The van der Waals surface area contributed by atoms with Crippen LogP contribution in [0.5, 0.6) is 5.75 Å². The van der Waals surface area contributed by atoms with E-state index in [1.807, 2.05) is 43.6 Å². The Morgan fingerprint density at radius 2 is 2.14 bits per heavy atom. The SMILES string of the molecule is CC(C)Oc1ccc(NC(=O)C2CCc3ncsc3C2)cc1. The minimum absolute atomic E-state index is 0.0412. The smallest absolute Gasteiger partial charge is 0.227 e. The Kier molecular flexibility index (Phi) is 4.43. The zero-order valence-corrected chi connectivity index (χ0v) is 13.7. The van der Waals surface area contributed by atoms with Crippen molar-refractivity contribution in [1.82, 2.24) is 4.98 Å². The zero-order chi connectivity index (χ0) is 15.5. The molecule has 0 radical (unpaired) electrons. The summed E-state index contributed by atoms with van der Waals surface area (Å²) in [5, 5.41) is 3.00. The van der Waals surface area contributed by atoms with Crippen LogP contribution in [0.25, 0.3) is 0 Å². The number of hydrogen-bond donors (Lipinski definition) is 1. The van der Waals surface area contributed by atoms with Crippen LogP contribution in [-0.4, -0.2) is 17.0 Å². The predicted octanol–water partition coefficient (Wildman–Crippen LogP) is 3.67. The fraction of sp³-hybridized carbons (Fsp3) is 0.412. The van der Waals surface area contributed by atoms with Crippen LogP contribution < -0.4 is 10.1 Å². The number of anilines is 1. The number of amides is 1. The van der Waals surface area contributed by atoms with Gasteiger partial charge in [-0.15, -0.1) is 11.3 Å². The molecule has 1 heterocycles. The number of nitrogens with one attached hydrogen (secondary N) is 1. The van der Waals surface area contributed by atoms with Crippen molar-refractivity contribution in [2.45, 2.75) is 39.2 Å². The summed E-state index contributed by atoms with van der Waals surface area (Å²) < 4.78 is 5.60. The third-order valence-corrected chi connectivity index (χ3v) is 4.65. The van der Waals surface area contributed by atoms with Gasteiger partial charge in [0.2, 0.25) is 5.91 Å². The first-order valence-corrected chi connectivity index (χ1v) is 8.48. The van der Waals surface area contributed by atoms with Crippen molar-refractivity contribution < 1.29 is 9.53 Å². The van der Waals surface area contributed by atoms with Crippen molar-refractivity contribution in [3.8, 4) is 5.75 Å². The molecule has 1 N–H and O–H groups in total. The molecule has 0 saturated heterocycles. The van der Waals surface area contributed by atoms with E-state index in [0.29, 0.717) is 0 Å². The Morgan fingerprint density at radius 3 is 2.86 bits per heavy atom. The first kappa shape index (κ1) is 15.0. The van der Waals surface area contributed by atoms with Crippen LogP contribution in [0.2, 0.25) is 0 Å². The molecular weight excluding hydrogens is 296 g/mol. The molecule has 1 aromatic carbocycles. The maximum atomic E-state index is 12.4. The lowest BCUT2D eigenvalue weighted by atomic mass is 9.90. The fourth-order valence-electron chi connectivity index (χ4n) is 2.66. The van der Waals surface area contributed by atoms with Crippen molar-refractivity contribution in [2.24, 2.45) is 5.92 Å². The molecule has 0 bridgehead atoms. The van der Waals surface area contributed by atoms with Gasteiger partial charge in [-0.2, -0.15) is 0 Å². The Balaban J connectivity index is 1.60. The summed E-state index contributed by atoms with van der Waals surface area (Å²) in [4.78, 5) is 18.0. The standard InChI is InChI=1S/C17H20N2O2S/c1-11(2)21-14-6-4-13(5-7-14)19-17(20)12-3-8-15-16(9-12)22-10-18-15/h4-7,10-12H,3,8-9H2,1-2H3,(H,19,20). The summed E-state index contributed by atoms with van der Waals surface area (Å²) in [6, 6.07) is 7.54. The highest BCUT2D eigenvalue weighted by molar-refractivity contribution is 7.09. The molecular formula is C17H20N2O2S. The second-order valence-corrected chi connectivity index (χ2v) is 6.78. The minimum Gasteiger partial charge on any atom is -0.491 e. The Morgan fingerprint density at radius 1 is 1.36 bits per heavy atom. The van der Waals surface area contributed by atoms with Crippen LogP contribution in [0.15, 0.2) is 29.8 Å². The minimum atomic E-state index is 0.0412. The normalized spacial score (nSPS) is 17.1. The van der Waals surface area contributed by atoms with Crippen LogP contribution in [0.3, 0.4) is 0 Å². The van der Waals surface area contributed by atoms with Gasteiger partial charge in [-0.05, 0) is 57.4 Å². The van der Waals surface area contributed by atoms with E-state index < -0.39 is 0 Å². The van der Waals surface area contributed by atoms with E-state index >= 15 is 0 Å². The molecule has 0 spiro atoms. The number of carbonyl (C=O) groups is 1. The van der Waals surface area contributed by atoms with Crippen molar-refractivity contribution in [1.29, 1.82) is 0 Å². The third-order valence-electron chi connectivity index (χ3n) is 3.75. The van der Waals surface area contributed by atoms with Crippen molar-refractivity contribution in [3.63, 3.8) is 0 Å². The highest BCUT2D eigenvalue weighted by Gasteiger charge is 2.26. The highest BCUT2D eigenvalue weighted by Crippen LogP contribution is 2.28. The lowest BCUT2D eigenvalue weighted by Crippen LogP contribution is -2.27. The molecule has 2 aromatic rings. The lowest BCUT2D eigenvalue weighted by molar-refractivity contribution is -0.120. The first-order chi connectivity index (χ1) is 10.6. The van der Waals surface area contributed by atoms with E-state index in [2.05, 4.69) is 10.3 Å². The quantitative estimate of drug-likeness (QED) is 0.936. The van der Waals surface area contributed by atoms with Crippen molar-refractivity contribution in [3.05, 3.63) is 40.3 Å². The average molecular weight is 316 g/mol. The molecule has 116 valence electrons.